The van der Waals surface area contributed by atoms with Crippen molar-refractivity contribution in [2.75, 3.05) is 7.11 Å². The molecule has 1 aromatic heterocycles. The Kier molecular flexibility index (Phi) is 4.86. The molecule has 0 amide bonds. The van der Waals surface area contributed by atoms with Gasteiger partial charge in [-0.25, -0.2) is 0 Å². The fourth-order valence-corrected chi connectivity index (χ4v) is 3.15. The van der Waals surface area contributed by atoms with Gasteiger partial charge in [-0.15, -0.1) is 0 Å². The standard InChI is InChI=1S/C14H15O3P/c1-15-9-4-5-12-18(14-8-6-11-17-14)13-7-2-3-10-16-13/h3-12H,2H2,1H3/b9-4-,12-5+. The molecule has 4 heteroatoms. The van der Waals surface area contributed by atoms with Crippen molar-refractivity contribution in [3.05, 3.63) is 66.5 Å². The molecule has 0 bridgehead atoms. The monoisotopic (exact) mass is 262 g/mol. The van der Waals surface area contributed by atoms with Gasteiger partial charge in [0, 0.05) is 0 Å². The Balaban J connectivity index is 2.15. The third-order valence-electron chi connectivity index (χ3n) is 2.26. The van der Waals surface area contributed by atoms with Crippen LogP contribution < -0.4 is 5.50 Å². The van der Waals surface area contributed by atoms with Crippen LogP contribution in [0.25, 0.3) is 0 Å². The van der Waals surface area contributed by atoms with E-state index in [1.807, 2.05) is 30.4 Å². The Labute approximate surface area is 108 Å². The van der Waals surface area contributed by atoms with E-state index in [0.717, 1.165) is 17.4 Å². The average molecular weight is 262 g/mol. The summed E-state index contributed by atoms with van der Waals surface area (Å²) < 4.78 is 15.9. The molecule has 2 rings (SSSR count). The van der Waals surface area contributed by atoms with Gasteiger partial charge in [-0.2, -0.15) is 0 Å². The number of methoxy groups -OCH3 is 1. The lowest BCUT2D eigenvalue weighted by atomic mass is 10.4. The van der Waals surface area contributed by atoms with E-state index in [0.29, 0.717) is 0 Å². The second-order valence-corrected chi connectivity index (χ2v) is 5.41. The lowest BCUT2D eigenvalue weighted by Crippen LogP contribution is -1.99. The summed E-state index contributed by atoms with van der Waals surface area (Å²) >= 11 is 0. The molecule has 1 aliphatic rings. The van der Waals surface area contributed by atoms with Crippen molar-refractivity contribution in [1.82, 2.24) is 0 Å². The van der Waals surface area contributed by atoms with Crippen LogP contribution in [0, 0.1) is 0 Å². The summed E-state index contributed by atoms with van der Waals surface area (Å²) in [6, 6.07) is 3.86. The molecule has 2 heterocycles. The highest BCUT2D eigenvalue weighted by Gasteiger charge is 2.18. The van der Waals surface area contributed by atoms with E-state index in [9.17, 15) is 0 Å². The second-order valence-electron chi connectivity index (χ2n) is 3.49. The Hall–Kier alpha value is -1.73. The van der Waals surface area contributed by atoms with Gasteiger partial charge in [0.05, 0.1) is 33.8 Å². The summed E-state index contributed by atoms with van der Waals surface area (Å²) in [7, 11) is 0.902. The number of rotatable bonds is 5. The van der Waals surface area contributed by atoms with Crippen LogP contribution in [0.2, 0.25) is 0 Å². The van der Waals surface area contributed by atoms with Gasteiger partial charge in [-0.3, -0.25) is 0 Å². The van der Waals surface area contributed by atoms with Crippen molar-refractivity contribution in [2.45, 2.75) is 6.42 Å². The number of allylic oxidation sites excluding steroid dienone is 4. The molecule has 0 aromatic carbocycles. The van der Waals surface area contributed by atoms with Crippen LogP contribution in [0.15, 0.2) is 71.0 Å². The molecule has 1 atom stereocenters. The van der Waals surface area contributed by atoms with E-state index in [4.69, 9.17) is 13.9 Å². The molecule has 0 radical (unpaired) electrons. The van der Waals surface area contributed by atoms with Gasteiger partial charge in [0.2, 0.25) is 0 Å². The predicted octanol–water partition coefficient (Wildman–Crippen LogP) is 3.84. The first-order valence-electron chi connectivity index (χ1n) is 5.62. The Bertz CT molecular complexity index is 469. The van der Waals surface area contributed by atoms with E-state index in [1.165, 1.54) is 0 Å². The third kappa shape index (κ3) is 3.38. The van der Waals surface area contributed by atoms with Crippen LogP contribution in [0.1, 0.15) is 6.42 Å². The summed E-state index contributed by atoms with van der Waals surface area (Å²) in [5.74, 6) is 2.08. The SMILES string of the molecule is CO/C=C\C=C\P(C1=CCC=CO1)c1ccco1. The second kappa shape index (κ2) is 6.87. The van der Waals surface area contributed by atoms with Crippen molar-refractivity contribution in [3.8, 4) is 0 Å². The van der Waals surface area contributed by atoms with Gasteiger partial charge >= 0.3 is 0 Å². The van der Waals surface area contributed by atoms with E-state index < -0.39 is 7.92 Å². The molecule has 1 unspecified atom stereocenters. The molecule has 0 fully saturated rings. The Morgan fingerprint density at radius 3 is 3.00 bits per heavy atom. The van der Waals surface area contributed by atoms with Gasteiger partial charge < -0.3 is 13.9 Å². The predicted molar refractivity (Wildman–Crippen MR) is 73.5 cm³/mol. The van der Waals surface area contributed by atoms with Crippen molar-refractivity contribution in [2.24, 2.45) is 0 Å². The summed E-state index contributed by atoms with van der Waals surface area (Å²) in [6.07, 6.45) is 13.8. The quantitative estimate of drug-likeness (QED) is 0.459. The summed E-state index contributed by atoms with van der Waals surface area (Å²) in [6.45, 7) is 0. The fourth-order valence-electron chi connectivity index (χ4n) is 1.47. The molecule has 94 valence electrons. The summed E-state index contributed by atoms with van der Waals surface area (Å²) in [5.41, 5.74) is 1.87. The van der Waals surface area contributed by atoms with E-state index in [-0.39, 0.29) is 0 Å². The lowest BCUT2D eigenvalue weighted by Gasteiger charge is -2.16. The van der Waals surface area contributed by atoms with Crippen LogP contribution in [-0.2, 0) is 9.47 Å². The van der Waals surface area contributed by atoms with E-state index in [1.54, 1.807) is 25.9 Å². The minimum atomic E-state index is -0.720. The summed E-state index contributed by atoms with van der Waals surface area (Å²) in [5, 5.41) is 0. The zero-order valence-corrected chi connectivity index (χ0v) is 11.0. The Morgan fingerprint density at radius 2 is 2.33 bits per heavy atom. The molecule has 3 nitrogen and oxygen atoms in total. The normalized spacial score (nSPS) is 16.8. The maximum atomic E-state index is 5.56. The molecular weight excluding hydrogens is 247 g/mol. The zero-order chi connectivity index (χ0) is 12.6. The van der Waals surface area contributed by atoms with Gasteiger partial charge in [-0.1, -0.05) is 6.08 Å². The molecule has 1 aliphatic heterocycles. The number of hydrogen-bond donors (Lipinski definition) is 0. The van der Waals surface area contributed by atoms with Crippen LogP contribution in [0.5, 0.6) is 0 Å². The highest BCUT2D eigenvalue weighted by Crippen LogP contribution is 2.47. The topological polar surface area (TPSA) is 31.6 Å². The van der Waals surface area contributed by atoms with Crippen LogP contribution in [0.3, 0.4) is 0 Å². The molecule has 1 aromatic rings. The van der Waals surface area contributed by atoms with Crippen molar-refractivity contribution >= 4 is 13.4 Å². The minimum absolute atomic E-state index is 0.720. The minimum Gasteiger partial charge on any atom is -0.504 e. The first kappa shape index (κ1) is 12.7. The molecular formula is C14H15O3P. The lowest BCUT2D eigenvalue weighted by molar-refractivity contribution is 0.338. The van der Waals surface area contributed by atoms with E-state index in [2.05, 4.69) is 11.9 Å². The van der Waals surface area contributed by atoms with Crippen molar-refractivity contribution in [1.29, 1.82) is 0 Å². The van der Waals surface area contributed by atoms with Crippen LogP contribution in [-0.4, -0.2) is 7.11 Å². The number of ether oxygens (including phenoxy) is 2. The van der Waals surface area contributed by atoms with Crippen LogP contribution >= 0.6 is 7.92 Å². The zero-order valence-electron chi connectivity index (χ0n) is 10.2. The molecule has 0 aliphatic carbocycles. The van der Waals surface area contributed by atoms with Crippen molar-refractivity contribution in [3.63, 3.8) is 0 Å². The maximum absolute atomic E-state index is 5.56. The van der Waals surface area contributed by atoms with E-state index >= 15 is 0 Å². The van der Waals surface area contributed by atoms with Gasteiger partial charge in [-0.05, 0) is 42.6 Å². The fraction of sp³-hybridized carbons (Fsp3) is 0.143. The summed E-state index contributed by atoms with van der Waals surface area (Å²) in [4.78, 5) is 0. The molecule has 0 saturated heterocycles. The maximum Gasteiger partial charge on any atom is 0.137 e. The number of furan rings is 1. The van der Waals surface area contributed by atoms with Gasteiger partial charge in [0.15, 0.2) is 0 Å². The molecule has 0 N–H and O–H groups in total. The van der Waals surface area contributed by atoms with Gasteiger partial charge in [0.1, 0.15) is 11.0 Å². The number of hydrogen-bond acceptors (Lipinski definition) is 3. The first-order chi connectivity index (χ1) is 8.92. The molecule has 18 heavy (non-hydrogen) atoms. The third-order valence-corrected chi connectivity index (χ3v) is 4.22. The van der Waals surface area contributed by atoms with Gasteiger partial charge in [0.25, 0.3) is 0 Å². The highest BCUT2D eigenvalue weighted by molar-refractivity contribution is 7.72. The molecule has 0 saturated carbocycles. The average Bonchev–Trinajstić information content (AvgIpc) is 2.94. The Morgan fingerprint density at radius 1 is 1.39 bits per heavy atom. The smallest absolute Gasteiger partial charge is 0.137 e. The highest BCUT2D eigenvalue weighted by atomic mass is 31.1. The largest absolute Gasteiger partial charge is 0.504 e. The van der Waals surface area contributed by atoms with Crippen LogP contribution in [0.4, 0.5) is 0 Å². The van der Waals surface area contributed by atoms with Crippen molar-refractivity contribution < 1.29 is 13.9 Å². The molecule has 0 spiro atoms. The first-order valence-corrected chi connectivity index (χ1v) is 7.03.